The van der Waals surface area contributed by atoms with Crippen molar-refractivity contribution in [3.8, 4) is 0 Å². The van der Waals surface area contributed by atoms with Crippen LogP contribution in [0.2, 0.25) is 0 Å². The topological polar surface area (TPSA) is 17.1 Å². The predicted octanol–water partition coefficient (Wildman–Crippen LogP) is 3.64. The Kier molecular flexibility index (Phi) is 4.16. The zero-order valence-electron chi connectivity index (χ0n) is 7.92. The average molecular weight is 290 g/mol. The van der Waals surface area contributed by atoms with E-state index in [-0.39, 0.29) is 5.41 Å². The minimum atomic E-state index is -0.0960. The molecule has 0 amide bonds. The minimum absolute atomic E-state index is 0.0960. The Hall–Kier alpha value is -0.120. The zero-order chi connectivity index (χ0) is 9.73. The van der Waals surface area contributed by atoms with Crippen LogP contribution < -0.4 is 0 Å². The van der Waals surface area contributed by atoms with Crippen molar-refractivity contribution >= 4 is 28.9 Å². The number of hydrogen-bond acceptors (Lipinski definition) is 1. The molecule has 1 unspecified atom stereocenters. The van der Waals surface area contributed by atoms with Gasteiger partial charge in [-0.2, -0.15) is 0 Å². The molecule has 1 aliphatic rings. The number of carbonyl (C=O) groups excluding carboxylic acids is 1. The van der Waals surface area contributed by atoms with Crippen molar-refractivity contribution in [2.75, 3.05) is 0 Å². The molecule has 0 spiro atoms. The summed E-state index contributed by atoms with van der Waals surface area (Å²) in [5.41, 5.74) is 1.33. The summed E-state index contributed by atoms with van der Waals surface area (Å²) in [4.78, 5) is 11.0. The Bertz CT molecular complexity index is 242. The Morgan fingerprint density at radius 3 is 2.92 bits per heavy atom. The fourth-order valence-electron chi connectivity index (χ4n) is 1.65. The van der Waals surface area contributed by atoms with Crippen LogP contribution in [0.15, 0.2) is 21.8 Å². The van der Waals surface area contributed by atoms with E-state index in [0.717, 1.165) is 32.0 Å². The molecular formula is C11H15IO. The van der Waals surface area contributed by atoms with Crippen LogP contribution in [0.5, 0.6) is 0 Å². The van der Waals surface area contributed by atoms with Crippen molar-refractivity contribution in [1.82, 2.24) is 0 Å². The van der Waals surface area contributed by atoms with Gasteiger partial charge in [0, 0.05) is 5.41 Å². The standard InChI is InChI=1S/C11H15IO/c1-10-3-6-11(9-13,7-4-10)5-2-8-12/h2-3,8-9H,4-7H2,1H3/b8-2-. The molecule has 2 heteroatoms. The lowest BCUT2D eigenvalue weighted by atomic mass is 9.74. The van der Waals surface area contributed by atoms with Crippen molar-refractivity contribution in [2.24, 2.45) is 5.41 Å². The Balaban J connectivity index is 2.66. The maximum absolute atomic E-state index is 11.0. The molecule has 0 fully saturated rings. The third kappa shape index (κ3) is 2.93. The smallest absolute Gasteiger partial charge is 0.126 e. The van der Waals surface area contributed by atoms with Crippen LogP contribution >= 0.6 is 22.6 Å². The van der Waals surface area contributed by atoms with E-state index in [2.05, 4.69) is 41.7 Å². The zero-order valence-corrected chi connectivity index (χ0v) is 10.1. The normalized spacial score (nSPS) is 28.9. The number of carbonyl (C=O) groups is 1. The molecule has 1 aliphatic carbocycles. The minimum Gasteiger partial charge on any atom is -0.303 e. The first-order valence-corrected chi connectivity index (χ1v) is 5.84. The van der Waals surface area contributed by atoms with Gasteiger partial charge in [0.1, 0.15) is 6.29 Å². The van der Waals surface area contributed by atoms with Gasteiger partial charge in [-0.15, -0.1) is 0 Å². The number of aldehydes is 1. The quantitative estimate of drug-likeness (QED) is 0.440. The van der Waals surface area contributed by atoms with Crippen LogP contribution in [0.25, 0.3) is 0 Å². The van der Waals surface area contributed by atoms with Gasteiger partial charge in [0.2, 0.25) is 0 Å². The maximum Gasteiger partial charge on any atom is 0.126 e. The second kappa shape index (κ2) is 4.94. The van der Waals surface area contributed by atoms with E-state index in [4.69, 9.17) is 0 Å². The summed E-state index contributed by atoms with van der Waals surface area (Å²) >= 11 is 2.20. The van der Waals surface area contributed by atoms with E-state index in [9.17, 15) is 4.79 Å². The first-order chi connectivity index (χ1) is 6.22. The van der Waals surface area contributed by atoms with Gasteiger partial charge in [-0.1, -0.05) is 40.3 Å². The molecule has 0 heterocycles. The Morgan fingerprint density at radius 1 is 1.69 bits per heavy atom. The summed E-state index contributed by atoms with van der Waals surface area (Å²) in [6.07, 6.45) is 9.34. The van der Waals surface area contributed by atoms with E-state index in [1.54, 1.807) is 0 Å². The molecule has 0 N–H and O–H groups in total. The number of allylic oxidation sites excluding steroid dienone is 3. The molecule has 0 aromatic heterocycles. The van der Waals surface area contributed by atoms with Crippen LogP contribution in [0.1, 0.15) is 32.6 Å². The molecule has 1 rings (SSSR count). The lowest BCUT2D eigenvalue weighted by Gasteiger charge is -2.29. The highest BCUT2D eigenvalue weighted by molar-refractivity contribution is 14.1. The average Bonchev–Trinajstić information content (AvgIpc) is 2.18. The fraction of sp³-hybridized carbons (Fsp3) is 0.545. The molecule has 1 atom stereocenters. The highest BCUT2D eigenvalue weighted by Gasteiger charge is 2.29. The molecule has 0 bridgehead atoms. The second-order valence-electron chi connectivity index (χ2n) is 3.80. The van der Waals surface area contributed by atoms with Gasteiger partial charge in [-0.3, -0.25) is 0 Å². The maximum atomic E-state index is 11.0. The first-order valence-electron chi connectivity index (χ1n) is 4.60. The summed E-state index contributed by atoms with van der Waals surface area (Å²) < 4.78 is 1.99. The van der Waals surface area contributed by atoms with Gasteiger partial charge in [0.15, 0.2) is 0 Å². The van der Waals surface area contributed by atoms with E-state index >= 15 is 0 Å². The molecule has 1 nitrogen and oxygen atoms in total. The monoisotopic (exact) mass is 290 g/mol. The van der Waals surface area contributed by atoms with Gasteiger partial charge in [0.25, 0.3) is 0 Å². The third-order valence-electron chi connectivity index (χ3n) is 2.74. The van der Waals surface area contributed by atoms with Gasteiger partial charge >= 0.3 is 0 Å². The molecule has 0 radical (unpaired) electrons. The molecule has 0 aromatic rings. The summed E-state index contributed by atoms with van der Waals surface area (Å²) in [6, 6.07) is 0. The number of hydrogen-bond donors (Lipinski definition) is 0. The second-order valence-corrected chi connectivity index (χ2v) is 4.52. The first kappa shape index (κ1) is 11.0. The van der Waals surface area contributed by atoms with Gasteiger partial charge in [0.05, 0.1) is 0 Å². The molecule has 0 saturated heterocycles. The third-order valence-corrected chi connectivity index (χ3v) is 3.25. The molecule has 0 aromatic carbocycles. The largest absolute Gasteiger partial charge is 0.303 e. The van der Waals surface area contributed by atoms with Crippen LogP contribution in [0.3, 0.4) is 0 Å². The molecule has 0 aliphatic heterocycles. The van der Waals surface area contributed by atoms with Crippen molar-refractivity contribution in [3.05, 3.63) is 21.8 Å². The van der Waals surface area contributed by atoms with Crippen molar-refractivity contribution in [3.63, 3.8) is 0 Å². The summed E-state index contributed by atoms with van der Waals surface area (Å²) in [7, 11) is 0. The summed E-state index contributed by atoms with van der Waals surface area (Å²) in [5, 5.41) is 0. The van der Waals surface area contributed by atoms with Crippen molar-refractivity contribution in [2.45, 2.75) is 32.6 Å². The van der Waals surface area contributed by atoms with E-state index in [1.165, 1.54) is 5.57 Å². The molecule has 13 heavy (non-hydrogen) atoms. The highest BCUT2D eigenvalue weighted by atomic mass is 127. The van der Waals surface area contributed by atoms with Crippen LogP contribution in [0.4, 0.5) is 0 Å². The molecular weight excluding hydrogens is 275 g/mol. The van der Waals surface area contributed by atoms with Crippen molar-refractivity contribution in [1.29, 1.82) is 0 Å². The van der Waals surface area contributed by atoms with Gasteiger partial charge in [-0.25, -0.2) is 0 Å². The fourth-order valence-corrected chi connectivity index (χ4v) is 1.90. The highest BCUT2D eigenvalue weighted by Crippen LogP contribution is 2.36. The lowest BCUT2D eigenvalue weighted by Crippen LogP contribution is -2.23. The SMILES string of the molecule is CC1=CCC(C=O)(C/C=C\I)CC1. The van der Waals surface area contributed by atoms with E-state index < -0.39 is 0 Å². The van der Waals surface area contributed by atoms with Crippen LogP contribution in [-0.2, 0) is 4.79 Å². The van der Waals surface area contributed by atoms with Gasteiger partial charge < -0.3 is 4.79 Å². The van der Waals surface area contributed by atoms with Crippen LogP contribution in [0, 0.1) is 5.41 Å². The predicted molar refractivity (Wildman–Crippen MR) is 63.9 cm³/mol. The van der Waals surface area contributed by atoms with E-state index in [0.29, 0.717) is 0 Å². The Morgan fingerprint density at radius 2 is 2.46 bits per heavy atom. The summed E-state index contributed by atoms with van der Waals surface area (Å²) in [5.74, 6) is 0. The lowest BCUT2D eigenvalue weighted by molar-refractivity contribution is -0.116. The number of halogens is 1. The van der Waals surface area contributed by atoms with Crippen LogP contribution in [-0.4, -0.2) is 6.29 Å². The molecule has 72 valence electrons. The number of rotatable bonds is 3. The summed E-state index contributed by atoms with van der Waals surface area (Å²) in [6.45, 7) is 2.14. The Labute approximate surface area is 93.4 Å². The van der Waals surface area contributed by atoms with E-state index in [1.807, 2.05) is 4.08 Å². The van der Waals surface area contributed by atoms with Gasteiger partial charge in [-0.05, 0) is 36.7 Å². The van der Waals surface area contributed by atoms with Crippen molar-refractivity contribution < 1.29 is 4.79 Å². The molecule has 0 saturated carbocycles.